The second-order valence-electron chi connectivity index (χ2n) is 21.8. The Labute approximate surface area is 335 Å². The Morgan fingerprint density at radius 3 is 1.40 bits per heavy atom. The van der Waals surface area contributed by atoms with Crippen molar-refractivity contribution >= 4 is 0 Å². The van der Waals surface area contributed by atoms with Gasteiger partial charge < -0.3 is 0 Å². The molecule has 6 aliphatic carbocycles. The van der Waals surface area contributed by atoms with Crippen LogP contribution < -0.4 is 0 Å². The van der Waals surface area contributed by atoms with E-state index in [0.717, 1.165) is 6.42 Å². The molecule has 0 heteroatoms. The van der Waals surface area contributed by atoms with Crippen molar-refractivity contribution in [1.82, 2.24) is 0 Å². The van der Waals surface area contributed by atoms with Crippen molar-refractivity contribution in [3.63, 3.8) is 0 Å². The van der Waals surface area contributed by atoms with Crippen LogP contribution in [0.4, 0.5) is 0 Å². The summed E-state index contributed by atoms with van der Waals surface area (Å²) in [6.07, 6.45) is 35.9. The quantitative estimate of drug-likeness (QED) is 0.294. The van der Waals surface area contributed by atoms with E-state index < -0.39 is 5.41 Å². The summed E-state index contributed by atoms with van der Waals surface area (Å²) in [6.45, 7) is 35.3. The van der Waals surface area contributed by atoms with Gasteiger partial charge in [0.2, 0.25) is 0 Å². The highest BCUT2D eigenvalue weighted by atomic mass is 14.9. The Morgan fingerprint density at radius 2 is 0.945 bits per heavy atom. The number of rotatable bonds is 4. The smallest absolute Gasteiger partial charge is 0.0457 e. The van der Waals surface area contributed by atoms with Crippen LogP contribution in [0.25, 0.3) is 0 Å². The Morgan fingerprint density at radius 1 is 0.509 bits per heavy atom. The Hall–Kier alpha value is -3.64. The maximum absolute atomic E-state index is 2.78. The van der Waals surface area contributed by atoms with Gasteiger partial charge in [0.15, 0.2) is 0 Å². The van der Waals surface area contributed by atoms with Crippen molar-refractivity contribution in [2.75, 3.05) is 0 Å². The van der Waals surface area contributed by atoms with Gasteiger partial charge in [0, 0.05) is 32.5 Å². The molecule has 0 aromatic heterocycles. The van der Waals surface area contributed by atoms with E-state index in [1.54, 1.807) is 0 Å². The van der Waals surface area contributed by atoms with Gasteiger partial charge in [0.25, 0.3) is 0 Å². The van der Waals surface area contributed by atoms with E-state index in [1.807, 2.05) is 0 Å². The van der Waals surface area contributed by atoms with Crippen molar-refractivity contribution < 1.29 is 0 Å². The first kappa shape index (κ1) is 38.2. The van der Waals surface area contributed by atoms with E-state index >= 15 is 0 Å². The van der Waals surface area contributed by atoms with Gasteiger partial charge in [-0.05, 0) is 69.1 Å². The van der Waals surface area contributed by atoms with Gasteiger partial charge in [-0.25, -0.2) is 0 Å². The molecule has 9 unspecified atom stereocenters. The van der Waals surface area contributed by atoms with Gasteiger partial charge in [-0.3, -0.25) is 0 Å². The molecule has 2 aromatic rings. The maximum atomic E-state index is 2.78. The molecule has 0 bridgehead atoms. The number of fused-ring (bicyclic) bond motifs is 8. The van der Waals surface area contributed by atoms with Crippen LogP contribution >= 0.6 is 0 Å². The van der Waals surface area contributed by atoms with Gasteiger partial charge in [0.1, 0.15) is 0 Å². The van der Waals surface area contributed by atoms with Crippen molar-refractivity contribution in [1.29, 1.82) is 0 Å². The van der Waals surface area contributed by atoms with Gasteiger partial charge in [-0.15, -0.1) is 0 Å². The van der Waals surface area contributed by atoms with Crippen molar-refractivity contribution in [3.8, 4) is 0 Å². The van der Waals surface area contributed by atoms with Gasteiger partial charge in [-0.1, -0.05) is 235 Å². The molecule has 2 fully saturated rings. The molecule has 0 aliphatic heterocycles. The molecule has 9 atom stereocenters. The molecule has 0 spiro atoms. The van der Waals surface area contributed by atoms with Gasteiger partial charge in [-0.2, -0.15) is 0 Å². The summed E-state index contributed by atoms with van der Waals surface area (Å²) < 4.78 is 0. The van der Waals surface area contributed by atoms with E-state index in [1.165, 1.54) is 33.4 Å². The molecule has 2 saturated carbocycles. The first-order chi connectivity index (χ1) is 25.6. The van der Waals surface area contributed by atoms with E-state index in [4.69, 9.17) is 0 Å². The standard InChI is InChI=1S/C55H68/c1-38-22-21-25-44-45(53(13)50(10)36-19-17-34-48(50,8)49(9)35-18-20-37-51(49,11)54(53,14)52(38,44)12)55(41-23-15-16-24-41,42-30-26-39(27-31-42)46(2,3)4)43-32-28-40(29-33-43)47(5,6)7/h15-23,25-37,44-45H,24H2,1-14H3. The van der Waals surface area contributed by atoms with Gasteiger partial charge >= 0.3 is 0 Å². The highest BCUT2D eigenvalue weighted by Crippen LogP contribution is 2.92. The molecule has 288 valence electrons. The van der Waals surface area contributed by atoms with Crippen LogP contribution in [0.1, 0.15) is 126 Å². The summed E-state index contributed by atoms with van der Waals surface area (Å²) in [6, 6.07) is 20.0. The normalized spacial score (nSPS) is 40.0. The van der Waals surface area contributed by atoms with Crippen molar-refractivity contribution in [2.45, 2.75) is 120 Å². The fourth-order valence-electron chi connectivity index (χ4n) is 14.8. The Bertz CT molecular complexity index is 2100. The van der Waals surface area contributed by atoms with Crippen LogP contribution in [-0.4, -0.2) is 0 Å². The van der Waals surface area contributed by atoms with E-state index in [2.05, 4.69) is 231 Å². The minimum absolute atomic E-state index is 0.0615. The molecule has 0 nitrogen and oxygen atoms in total. The van der Waals surface area contributed by atoms with Gasteiger partial charge in [0.05, 0.1) is 0 Å². The SMILES string of the molecule is CC1=CC=CC2C(C(C3=CC=CC3)(c3ccc(C(C)(C)C)cc3)c3ccc(C(C)(C)C)cc3)C3(C)C4(C)C=CC=CC4(C)C4(C)C=CC=CC4(C)C3(C)C12C. The lowest BCUT2D eigenvalue weighted by molar-refractivity contribution is -0.275. The summed E-state index contributed by atoms with van der Waals surface area (Å²) in [4.78, 5) is 0. The maximum Gasteiger partial charge on any atom is 0.0457 e. The monoisotopic (exact) mass is 729 g/mol. The fraction of sp³-hybridized carbons (Fsp3) is 0.491. The lowest BCUT2D eigenvalue weighted by Crippen LogP contribution is -2.76. The molecule has 0 amide bonds. The summed E-state index contributed by atoms with van der Waals surface area (Å²) in [5.41, 5.74) is 7.05. The van der Waals surface area contributed by atoms with Crippen LogP contribution in [0.3, 0.4) is 0 Å². The highest BCUT2D eigenvalue weighted by molar-refractivity contribution is 5.60. The Balaban J connectivity index is 1.58. The molecule has 0 N–H and O–H groups in total. The largest absolute Gasteiger partial charge is 0.0804 e. The van der Waals surface area contributed by atoms with Crippen LogP contribution in [-0.2, 0) is 16.2 Å². The molecule has 0 radical (unpaired) electrons. The first-order valence-corrected chi connectivity index (χ1v) is 21.3. The van der Waals surface area contributed by atoms with E-state index in [-0.39, 0.29) is 60.6 Å². The summed E-state index contributed by atoms with van der Waals surface area (Å²) >= 11 is 0. The second kappa shape index (κ2) is 11.5. The van der Waals surface area contributed by atoms with Crippen LogP contribution in [0.5, 0.6) is 0 Å². The predicted molar refractivity (Wildman–Crippen MR) is 236 cm³/mol. The summed E-state index contributed by atoms with van der Waals surface area (Å²) in [5, 5.41) is 0. The predicted octanol–water partition coefficient (Wildman–Crippen LogP) is 14.5. The molecular weight excluding hydrogens is 661 g/mol. The third-order valence-corrected chi connectivity index (χ3v) is 18.7. The van der Waals surface area contributed by atoms with Crippen molar-refractivity contribution in [2.24, 2.45) is 49.7 Å². The molecule has 8 rings (SSSR count). The third-order valence-electron chi connectivity index (χ3n) is 18.7. The minimum Gasteiger partial charge on any atom is -0.0804 e. The zero-order valence-corrected chi connectivity index (χ0v) is 36.6. The topological polar surface area (TPSA) is 0 Å². The van der Waals surface area contributed by atoms with E-state index in [9.17, 15) is 0 Å². The number of hydrogen-bond donors (Lipinski definition) is 0. The van der Waals surface area contributed by atoms with Crippen molar-refractivity contribution in [3.05, 3.63) is 167 Å². The summed E-state index contributed by atoms with van der Waals surface area (Å²) in [7, 11) is 0. The van der Waals surface area contributed by atoms with E-state index in [0.29, 0.717) is 0 Å². The Kier molecular flexibility index (Phi) is 7.99. The van der Waals surface area contributed by atoms with Crippen LogP contribution in [0, 0.1) is 49.7 Å². The second-order valence-corrected chi connectivity index (χ2v) is 21.8. The number of hydrogen-bond acceptors (Lipinski definition) is 0. The third kappa shape index (κ3) is 4.16. The lowest BCUT2D eigenvalue weighted by atomic mass is 9.22. The molecule has 0 heterocycles. The number of allylic oxidation sites excluding steroid dienone is 16. The minimum atomic E-state index is -0.423. The molecular formula is C55H68. The summed E-state index contributed by atoms with van der Waals surface area (Å²) in [5.74, 6) is 0.459. The zero-order valence-electron chi connectivity index (χ0n) is 36.6. The zero-order chi connectivity index (χ0) is 39.9. The average molecular weight is 729 g/mol. The average Bonchev–Trinajstić information content (AvgIpc) is 3.73. The highest BCUT2D eigenvalue weighted by Gasteiger charge is 2.88. The number of benzene rings is 2. The molecule has 6 aliphatic rings. The first-order valence-electron chi connectivity index (χ1n) is 21.3. The fourth-order valence-corrected chi connectivity index (χ4v) is 14.8. The molecule has 55 heavy (non-hydrogen) atoms. The molecule has 0 saturated heterocycles. The molecule has 2 aromatic carbocycles. The van der Waals surface area contributed by atoms with Crippen LogP contribution in [0.15, 0.2) is 145 Å². The van der Waals surface area contributed by atoms with Crippen LogP contribution in [0.2, 0.25) is 0 Å². The lowest BCUT2D eigenvalue weighted by Gasteiger charge is -2.80.